The molecule has 7 heterocycles. The van der Waals surface area contributed by atoms with Crippen LogP contribution in [0.4, 0.5) is 0 Å². The quantitative estimate of drug-likeness (QED) is 0.0312. The third-order valence-electron chi connectivity index (χ3n) is 13.1. The Morgan fingerprint density at radius 1 is 0.339 bits per heavy atom. The van der Waals surface area contributed by atoms with E-state index < -0.39 is 284 Å². The number of aryl methyl sites for hydroxylation is 3. The number of carbonyl (C=O) groups is 3. The van der Waals surface area contributed by atoms with Gasteiger partial charge in [-0.05, 0) is 62.1 Å². The number of hydrogen-bond acceptors (Lipinski definition) is 6. The average molecular weight is 10300 g/mol. The molecule has 9 rings (SSSR count). The fraction of sp³-hybridized carbons (Fsp3) is 0.351. The van der Waals surface area contributed by atoms with E-state index in [2.05, 4.69) is 743 Å². The zero-order valence-electron chi connectivity index (χ0n) is 56.3. The van der Waals surface area contributed by atoms with Crippen LogP contribution in [0.3, 0.4) is 0 Å². The molecule has 0 bridgehead atoms. The van der Waals surface area contributed by atoms with Gasteiger partial charge in [0.05, 0.1) is 61.4 Å². The van der Waals surface area contributed by atoms with Crippen molar-refractivity contribution in [1.82, 2.24) is 39.3 Å². The second-order valence-corrected chi connectivity index (χ2v) is 1780. The zero-order valence-corrected chi connectivity index (χ0v) is 221. The number of alkyl halides is 1. The largest absolute Gasteiger partial charge is 0.348 e. The van der Waals surface area contributed by atoms with Crippen molar-refractivity contribution in [3.05, 3.63) is 108 Å². The summed E-state index contributed by atoms with van der Waals surface area (Å²) in [6.07, 6.45) is 6.80. The number of amides is 2. The number of rotatable bonds is 37. The number of hydrogen-bond donors (Lipinski definition) is 1. The van der Waals surface area contributed by atoms with Crippen LogP contribution in [0.5, 0.6) is 0 Å². The predicted molar refractivity (Wildman–Crippen MR) is 1240 cm³/mol. The predicted octanol–water partition coefficient (Wildman–Crippen LogP) is 73.4. The molecule has 1 unspecified atom stereocenters. The van der Waals surface area contributed by atoms with Crippen LogP contribution in [0, 0.1) is 0 Å². The van der Waals surface area contributed by atoms with Crippen LogP contribution < -0.4 is 0 Å². The van der Waals surface area contributed by atoms with Gasteiger partial charge in [0.2, 0.25) is 0 Å². The van der Waals surface area contributed by atoms with Crippen LogP contribution in [0.1, 0.15) is 78.7 Å². The minimum absolute atomic E-state index is 0.0463. The van der Waals surface area contributed by atoms with Crippen LogP contribution >= 0.6 is 1050 Å². The van der Waals surface area contributed by atoms with Gasteiger partial charge in [0.25, 0.3) is 11.8 Å². The molecule has 792 valence electrons. The first kappa shape index (κ1) is 164. The fourth-order valence-corrected chi connectivity index (χ4v) is 14300. The smallest absolute Gasteiger partial charge is 0.254 e. The molecule has 2 amide bonds. The SMILES string of the molecule is II(I)I(I)I(I)I(I)I(I)I(I)I(I)I(I)I(I)I(I)I(I)I(I)I(I)I(I)I(I)I(I)I(I)I(I)I(I)I(I)I(I)I(I)I(I)I(I)I(I)I(I)I(I)I(I)I(I)I(I)I(I)I(I)I(I)I(I)I(I)I(I)I.O=C(c1ccc(Cl)c(Cl)c1)N1CCc2nn3c(c2C1)-c1nc[nH]c1CCC3.O=C1c2c3c(nn2CCCC1Br)CCN(C(=O)c1ccc(Cl)c(Cl)c1)C3. The zero-order chi connectivity index (χ0) is 95.7. The van der Waals surface area contributed by atoms with Crippen molar-refractivity contribution in [1.29, 1.82) is 0 Å². The van der Waals surface area contributed by atoms with Gasteiger partial charge in [-0.15, -0.1) is 0 Å². The second-order valence-electron chi connectivity index (χ2n) is 19.3. The summed E-state index contributed by atoms with van der Waals surface area (Å²) in [6, 6.07) is 9.89. The third-order valence-corrected chi connectivity index (χ3v) is 5800. The molecular weight excluding hydrogens is 10200 g/mol. The first-order chi connectivity index (χ1) is 59.2. The number of Topliss-reactive ketones (excluding diaryl/α,β-unsaturated/α-hetero) is 1. The summed E-state index contributed by atoms with van der Waals surface area (Å²) in [4.78, 5) is 49.8. The number of H-pyrrole nitrogens is 1. The number of nitrogens with one attached hydrogen (secondary N) is 1. The molecule has 90 heteroatoms. The Morgan fingerprint density at radius 2 is 0.591 bits per heavy atom. The molecule has 0 saturated carbocycles. The van der Waals surface area contributed by atoms with Crippen molar-refractivity contribution < 1.29 is 14.4 Å². The monoisotopic (exact) mass is 10200 g/mol. The third kappa shape index (κ3) is 53.6. The second kappa shape index (κ2) is 88.6. The van der Waals surface area contributed by atoms with Gasteiger partial charge in [0.15, 0.2) is 5.78 Å². The number of fused-ring (bicyclic) bond motifs is 8. The van der Waals surface area contributed by atoms with E-state index in [1.165, 1.54) is 0 Å². The Hall–Kier alpha value is 50.3. The van der Waals surface area contributed by atoms with E-state index in [9.17, 15) is 14.4 Å². The summed E-state index contributed by atoms with van der Waals surface area (Å²) in [5.41, 5.74) is 8.81. The number of carbonyl (C=O) groups excluding carboxylic acids is 3. The molecule has 1 N–H and O–H groups in total. The molecule has 0 saturated heterocycles. The van der Waals surface area contributed by atoms with Gasteiger partial charge in [-0.25, -0.2) is 4.98 Å². The van der Waals surface area contributed by atoms with Crippen LogP contribution in [0.2, 0.25) is 20.1 Å². The van der Waals surface area contributed by atoms with Gasteiger partial charge in [-0.2, -0.15) is 10.2 Å². The van der Waals surface area contributed by atoms with E-state index in [1.807, 2.05) is 9.58 Å². The van der Waals surface area contributed by atoms with Gasteiger partial charge in [-0.3, -0.25) is 23.7 Å². The van der Waals surface area contributed by atoms with Gasteiger partial charge in [0, 0.05) is 67.0 Å². The number of benzene rings is 2. The van der Waals surface area contributed by atoms with Crippen molar-refractivity contribution in [3.8, 4) is 11.4 Å². The Bertz CT molecular complexity index is 4270. The minimum atomic E-state index is -0.629. The van der Waals surface area contributed by atoms with E-state index in [-0.39, 0.29) is 22.4 Å². The van der Waals surface area contributed by atoms with Crippen molar-refractivity contribution >= 4 is 1070 Å². The number of nitrogens with zero attached hydrogens (tertiary/aromatic N) is 7. The number of aromatic nitrogens is 6. The molecule has 127 heavy (non-hydrogen) atoms. The maximum Gasteiger partial charge on any atom is 0.254 e. The van der Waals surface area contributed by atoms with Crippen LogP contribution in [0.25, 0.3) is 11.4 Å². The van der Waals surface area contributed by atoms with E-state index in [0.29, 0.717) is 69.5 Å². The number of aromatic amines is 1. The van der Waals surface area contributed by atoms with E-state index in [0.717, 1.165) is 84.8 Å². The molecule has 3 aromatic heterocycles. The summed E-state index contributed by atoms with van der Waals surface area (Å²) < 4.78 is 3.88. The molecule has 0 aliphatic carbocycles. The first-order valence-electron chi connectivity index (χ1n) is 27.9. The molecule has 0 fully saturated rings. The van der Waals surface area contributed by atoms with Crippen molar-refractivity contribution in [3.63, 3.8) is 0 Å². The summed E-state index contributed by atoms with van der Waals surface area (Å²) in [7, 11) is -20.9. The topological polar surface area (TPSA) is 122 Å². The fourth-order valence-electron chi connectivity index (χ4n) is 8.56. The normalized spacial score (nSPS) is 18.5. The molecule has 11 nitrogen and oxygen atoms in total. The van der Waals surface area contributed by atoms with Crippen molar-refractivity contribution in [2.75, 3.05) is 13.1 Å². The first-order valence-corrected chi connectivity index (χ1v) is 489. The van der Waals surface area contributed by atoms with Gasteiger partial charge < -0.3 is 14.8 Å². The molecule has 1 atom stereocenters. The number of imidazole rings is 1. The van der Waals surface area contributed by atoms with Gasteiger partial charge in [-0.1, -0.05) is 62.3 Å². The molecule has 0 radical (unpaired) electrons. The molecule has 0 spiro atoms. The number of halogens is 79. The van der Waals surface area contributed by atoms with E-state index in [4.69, 9.17) is 51.5 Å². The van der Waals surface area contributed by atoms with Gasteiger partial charge >= 0.3 is 992 Å². The van der Waals surface area contributed by atoms with Crippen molar-refractivity contribution in [2.24, 2.45) is 0 Å². The van der Waals surface area contributed by atoms with E-state index >= 15 is 0 Å². The van der Waals surface area contributed by atoms with Crippen molar-refractivity contribution in [2.45, 2.75) is 69.5 Å². The van der Waals surface area contributed by atoms with E-state index in [1.54, 1.807) is 47.6 Å². The molecule has 4 aliphatic rings. The summed E-state index contributed by atoms with van der Waals surface area (Å²) in [5.74, 6) is -0.110. The van der Waals surface area contributed by atoms with Crippen LogP contribution in [-0.4, -0.2) is 74.8 Å². The Labute approximate surface area is 1260 Å². The Morgan fingerprint density at radius 3 is 0.858 bits per heavy atom. The Balaban J connectivity index is 0.000000328. The standard InChI is InChI=1S/C19H17Cl2N5O.C18H16BrCl2N3O2.I74/c20-13-4-3-11(8-14(13)21)19(27)25-7-5-15-12(9-25)18-17-16(22-10-23-17)2-1-6-26(18)24-15;19-12-2-1-6-24-16(17(12)25)11-9-23(7-5-15(11)22-24)18(26)10-3-4-13(20)14(21)8-10;1-39(2)41(5)43(7)45(9)47(11)49(13)51(15)53(17)55(19)57(21)59(23)61(25)63(27)65(29)67(31)69(33)71(35)73(37)74(38)72(36)70(34)68(32)66(30)64(28)62(26)60(24)58(22)56(20)54(18)52(16)50(14)48(12)46(10)44(8)42(6)40(3)4/h3-4,8,10H,1-2,5-7,9H2,(H,22,23);3-4,8,12H,1-2,5-7,9H2;. The molecule has 2 aromatic carbocycles. The maximum absolute atomic E-state index is 13.0. The maximum atomic E-state index is 13.0. The summed E-state index contributed by atoms with van der Waals surface area (Å²) >= 11 is 154. The molecule has 5 aromatic rings. The Kier molecular flexibility index (Phi) is 114. The van der Waals surface area contributed by atoms with Crippen LogP contribution in [-0.2, 0) is 45.4 Å². The minimum Gasteiger partial charge on any atom is -0.348 e. The summed E-state index contributed by atoms with van der Waals surface area (Å²) in [6.45, 7) is 3.71. The molecule has 4 aliphatic heterocycles. The van der Waals surface area contributed by atoms with Gasteiger partial charge in [0.1, 0.15) is 11.4 Å². The molecular formula is C37H33BrCl4I74N8O3. The number of ketones is 1. The average Bonchev–Trinajstić information content (AvgIpc) is 1.60. The summed E-state index contributed by atoms with van der Waals surface area (Å²) in [5, 5.41) is 11.0. The van der Waals surface area contributed by atoms with Crippen LogP contribution in [0.15, 0.2) is 42.7 Å².